The maximum Gasteiger partial charge on any atom is -0.00851 e. The topological polar surface area (TPSA) is 0 Å². The third-order valence-corrected chi connectivity index (χ3v) is 3.78. The van der Waals surface area contributed by atoms with Crippen molar-refractivity contribution < 1.29 is 0 Å². The third-order valence-electron chi connectivity index (χ3n) is 3.78. The summed E-state index contributed by atoms with van der Waals surface area (Å²) >= 11 is 0. The quantitative estimate of drug-likeness (QED) is 0.590. The standard InChI is InChI=1S/C15H18/c1-9-7-6-8-14-12(4)10(2)11(3)13(5)15(9)14/h6-7H,1,8H2,2-5H3. The molecule has 0 bridgehead atoms. The molecule has 0 unspecified atom stereocenters. The van der Waals surface area contributed by atoms with Crippen molar-refractivity contribution in [1.82, 2.24) is 0 Å². The van der Waals surface area contributed by atoms with Gasteiger partial charge in [0.1, 0.15) is 0 Å². The van der Waals surface area contributed by atoms with Gasteiger partial charge in [0.25, 0.3) is 0 Å². The first kappa shape index (κ1) is 10.2. The van der Waals surface area contributed by atoms with Gasteiger partial charge in [-0.2, -0.15) is 0 Å². The number of hydrogen-bond acceptors (Lipinski definition) is 0. The minimum absolute atomic E-state index is 1.06. The summed E-state index contributed by atoms with van der Waals surface area (Å²) in [5.74, 6) is 0. The normalized spacial score (nSPS) is 14.3. The highest BCUT2D eigenvalue weighted by Gasteiger charge is 2.17. The maximum atomic E-state index is 4.14. The number of allylic oxidation sites excluding steroid dienone is 3. The van der Waals surface area contributed by atoms with E-state index in [1.165, 1.54) is 39.0 Å². The van der Waals surface area contributed by atoms with Crippen LogP contribution in [0.5, 0.6) is 0 Å². The fraction of sp³-hybridized carbons (Fsp3) is 0.333. The highest BCUT2D eigenvalue weighted by molar-refractivity contribution is 5.80. The van der Waals surface area contributed by atoms with E-state index in [0.29, 0.717) is 0 Å². The van der Waals surface area contributed by atoms with Crippen LogP contribution in [0.25, 0.3) is 5.57 Å². The van der Waals surface area contributed by atoms with Crippen molar-refractivity contribution in [3.8, 4) is 0 Å². The molecule has 0 saturated carbocycles. The number of hydrogen-bond donors (Lipinski definition) is 0. The van der Waals surface area contributed by atoms with Crippen LogP contribution < -0.4 is 0 Å². The molecule has 0 fully saturated rings. The summed E-state index contributed by atoms with van der Waals surface area (Å²) < 4.78 is 0. The average Bonchev–Trinajstić information content (AvgIpc) is 2.23. The Kier molecular flexibility index (Phi) is 2.30. The van der Waals surface area contributed by atoms with E-state index in [1.54, 1.807) is 0 Å². The molecule has 0 heterocycles. The Bertz CT molecular complexity index is 474. The van der Waals surface area contributed by atoms with Gasteiger partial charge in [-0.25, -0.2) is 0 Å². The highest BCUT2D eigenvalue weighted by atomic mass is 14.2. The van der Waals surface area contributed by atoms with Gasteiger partial charge in [-0.1, -0.05) is 18.7 Å². The van der Waals surface area contributed by atoms with Crippen LogP contribution in [-0.4, -0.2) is 0 Å². The van der Waals surface area contributed by atoms with E-state index in [2.05, 4.69) is 46.4 Å². The lowest BCUT2D eigenvalue weighted by atomic mass is 9.82. The zero-order valence-electron chi connectivity index (χ0n) is 10.1. The van der Waals surface area contributed by atoms with Crippen LogP contribution >= 0.6 is 0 Å². The van der Waals surface area contributed by atoms with Gasteiger partial charge >= 0.3 is 0 Å². The van der Waals surface area contributed by atoms with E-state index in [4.69, 9.17) is 0 Å². The fourth-order valence-corrected chi connectivity index (χ4v) is 2.48. The first-order valence-corrected chi connectivity index (χ1v) is 5.49. The van der Waals surface area contributed by atoms with Crippen LogP contribution in [0.15, 0.2) is 18.7 Å². The molecule has 1 aliphatic rings. The van der Waals surface area contributed by atoms with Gasteiger partial charge < -0.3 is 0 Å². The molecular weight excluding hydrogens is 180 g/mol. The number of rotatable bonds is 0. The zero-order chi connectivity index (χ0) is 11.2. The molecule has 0 aromatic heterocycles. The second kappa shape index (κ2) is 3.37. The van der Waals surface area contributed by atoms with Crippen molar-refractivity contribution in [3.63, 3.8) is 0 Å². The van der Waals surface area contributed by atoms with Crippen molar-refractivity contribution in [2.75, 3.05) is 0 Å². The fourth-order valence-electron chi connectivity index (χ4n) is 2.48. The van der Waals surface area contributed by atoms with E-state index in [9.17, 15) is 0 Å². The number of benzene rings is 1. The summed E-state index contributed by atoms with van der Waals surface area (Å²) in [5.41, 5.74) is 9.74. The molecule has 0 spiro atoms. The molecule has 2 rings (SSSR count). The van der Waals surface area contributed by atoms with Crippen LogP contribution in [0, 0.1) is 27.7 Å². The summed E-state index contributed by atoms with van der Waals surface area (Å²) in [7, 11) is 0. The summed E-state index contributed by atoms with van der Waals surface area (Å²) in [5, 5.41) is 0. The van der Waals surface area contributed by atoms with E-state index in [0.717, 1.165) is 6.42 Å². The van der Waals surface area contributed by atoms with Gasteiger partial charge in [0, 0.05) is 0 Å². The van der Waals surface area contributed by atoms with Crippen molar-refractivity contribution in [3.05, 3.63) is 52.1 Å². The summed E-state index contributed by atoms with van der Waals surface area (Å²) in [6, 6.07) is 0. The second-order valence-corrected chi connectivity index (χ2v) is 4.49. The molecule has 0 heteroatoms. The van der Waals surface area contributed by atoms with E-state index in [1.807, 2.05) is 0 Å². The van der Waals surface area contributed by atoms with Gasteiger partial charge in [-0.15, -0.1) is 0 Å². The van der Waals surface area contributed by atoms with Crippen LogP contribution in [0.3, 0.4) is 0 Å². The molecule has 0 amide bonds. The predicted molar refractivity (Wildman–Crippen MR) is 67.3 cm³/mol. The van der Waals surface area contributed by atoms with Crippen LogP contribution in [0.2, 0.25) is 0 Å². The number of fused-ring (bicyclic) bond motifs is 1. The van der Waals surface area contributed by atoms with Gasteiger partial charge in [-0.3, -0.25) is 0 Å². The van der Waals surface area contributed by atoms with E-state index < -0.39 is 0 Å². The smallest absolute Gasteiger partial charge is 0.00851 e. The molecule has 0 atom stereocenters. The van der Waals surface area contributed by atoms with Crippen LogP contribution in [0.1, 0.15) is 33.4 Å². The molecule has 1 aromatic carbocycles. The molecule has 0 N–H and O–H groups in total. The van der Waals surface area contributed by atoms with Gasteiger partial charge in [0.05, 0.1) is 0 Å². The Morgan fingerprint density at radius 1 is 0.933 bits per heavy atom. The third kappa shape index (κ3) is 1.36. The summed E-state index contributed by atoms with van der Waals surface area (Å²) in [4.78, 5) is 0. The molecular formula is C15H18. The lowest BCUT2D eigenvalue weighted by Gasteiger charge is -2.23. The van der Waals surface area contributed by atoms with Crippen molar-refractivity contribution in [2.45, 2.75) is 34.1 Å². The Morgan fingerprint density at radius 3 is 2.20 bits per heavy atom. The summed E-state index contributed by atoms with van der Waals surface area (Å²) in [6.07, 6.45) is 5.41. The largest absolute Gasteiger partial charge is 0.0912 e. The molecule has 0 aliphatic heterocycles. The SMILES string of the molecule is C=C1C=CCc2c(C)c(C)c(C)c(C)c21. The molecule has 78 valence electrons. The molecule has 1 aliphatic carbocycles. The summed E-state index contributed by atoms with van der Waals surface area (Å²) in [6.45, 7) is 13.0. The maximum absolute atomic E-state index is 4.14. The van der Waals surface area contributed by atoms with E-state index >= 15 is 0 Å². The van der Waals surface area contributed by atoms with Crippen molar-refractivity contribution in [2.24, 2.45) is 0 Å². The lowest BCUT2D eigenvalue weighted by Crippen LogP contribution is -2.06. The zero-order valence-corrected chi connectivity index (χ0v) is 10.1. The minimum Gasteiger partial charge on any atom is -0.0912 e. The molecule has 15 heavy (non-hydrogen) atoms. The first-order chi connectivity index (χ1) is 7.04. The average molecular weight is 198 g/mol. The molecule has 1 aromatic rings. The monoisotopic (exact) mass is 198 g/mol. The van der Waals surface area contributed by atoms with Gasteiger partial charge in [-0.05, 0) is 73.1 Å². The predicted octanol–water partition coefficient (Wildman–Crippen LogP) is 4.05. The van der Waals surface area contributed by atoms with Crippen LogP contribution in [0.4, 0.5) is 0 Å². The van der Waals surface area contributed by atoms with Crippen molar-refractivity contribution >= 4 is 5.57 Å². The Labute approximate surface area is 92.3 Å². The molecule has 0 nitrogen and oxygen atoms in total. The van der Waals surface area contributed by atoms with E-state index in [-0.39, 0.29) is 0 Å². The van der Waals surface area contributed by atoms with Gasteiger partial charge in [0.15, 0.2) is 0 Å². The lowest BCUT2D eigenvalue weighted by molar-refractivity contribution is 1.10. The Balaban J connectivity index is 2.84. The molecule has 0 radical (unpaired) electrons. The van der Waals surface area contributed by atoms with Crippen LogP contribution in [-0.2, 0) is 6.42 Å². The first-order valence-electron chi connectivity index (χ1n) is 5.49. The van der Waals surface area contributed by atoms with Crippen molar-refractivity contribution in [1.29, 1.82) is 0 Å². The van der Waals surface area contributed by atoms with Gasteiger partial charge in [0.2, 0.25) is 0 Å². The Morgan fingerprint density at radius 2 is 1.53 bits per heavy atom. The highest BCUT2D eigenvalue weighted by Crippen LogP contribution is 2.34. The Hall–Kier alpha value is -1.30. The second-order valence-electron chi connectivity index (χ2n) is 4.49. The molecule has 0 saturated heterocycles. The minimum atomic E-state index is 1.06.